The quantitative estimate of drug-likeness (QED) is 0.476. The summed E-state index contributed by atoms with van der Waals surface area (Å²) < 4.78 is 44.2. The van der Waals surface area contributed by atoms with Gasteiger partial charge in [0.25, 0.3) is 5.56 Å². The molecule has 0 saturated carbocycles. The first-order chi connectivity index (χ1) is 13.2. The van der Waals surface area contributed by atoms with E-state index in [2.05, 4.69) is 20.9 Å². The van der Waals surface area contributed by atoms with Crippen molar-refractivity contribution in [1.82, 2.24) is 9.55 Å². The highest BCUT2D eigenvalue weighted by atomic mass is 79.9. The van der Waals surface area contributed by atoms with Crippen LogP contribution in [0.3, 0.4) is 0 Å². The molecule has 10 nitrogen and oxygen atoms in total. The van der Waals surface area contributed by atoms with Crippen LogP contribution in [0.5, 0.6) is 0 Å². The minimum atomic E-state index is -1.56. The van der Waals surface area contributed by atoms with Gasteiger partial charge in [-0.1, -0.05) is 25.1 Å². The zero-order chi connectivity index (χ0) is 20.8. The van der Waals surface area contributed by atoms with Gasteiger partial charge < -0.3 is 18.9 Å². The molecule has 6 atom stereocenters. The molecule has 6 unspecified atom stereocenters. The first-order valence-corrected chi connectivity index (χ1v) is 13.1. The SMILES string of the molecule is C[P+](=O)C1OCC(CBr)O1.Cc1cn(CC2COC([P+](C)=O)O2)c(=O)[nH]c1=O. The summed E-state index contributed by atoms with van der Waals surface area (Å²) in [5.41, 5.74) is -0.431. The van der Waals surface area contributed by atoms with E-state index in [0.717, 1.165) is 5.33 Å². The van der Waals surface area contributed by atoms with E-state index in [0.29, 0.717) is 12.2 Å². The molecule has 0 aliphatic carbocycles. The summed E-state index contributed by atoms with van der Waals surface area (Å²) in [4.78, 5) is 25.0. The van der Waals surface area contributed by atoms with E-state index in [1.807, 2.05) is 0 Å². The van der Waals surface area contributed by atoms with Crippen molar-refractivity contribution in [2.45, 2.75) is 37.7 Å². The molecule has 156 valence electrons. The average molecular weight is 501 g/mol. The second-order valence-corrected chi connectivity index (χ2v) is 9.94. The van der Waals surface area contributed by atoms with Gasteiger partial charge >= 0.3 is 33.4 Å². The monoisotopic (exact) mass is 500 g/mol. The number of rotatable bonds is 5. The first-order valence-electron chi connectivity index (χ1n) is 8.41. The average Bonchev–Trinajstić information content (AvgIpc) is 3.29. The molecule has 2 aliphatic rings. The fourth-order valence-corrected chi connectivity index (χ4v) is 4.02. The van der Waals surface area contributed by atoms with E-state index in [9.17, 15) is 18.7 Å². The largest absolute Gasteiger partial charge is 0.398 e. The molecule has 13 heteroatoms. The minimum Gasteiger partial charge on any atom is -0.310 e. The van der Waals surface area contributed by atoms with Gasteiger partial charge in [-0.05, 0) is 6.92 Å². The van der Waals surface area contributed by atoms with Crippen molar-refractivity contribution in [3.63, 3.8) is 0 Å². The second kappa shape index (κ2) is 10.8. The van der Waals surface area contributed by atoms with E-state index in [-0.39, 0.29) is 25.4 Å². The molecule has 1 aromatic heterocycles. The van der Waals surface area contributed by atoms with Gasteiger partial charge in [0.1, 0.15) is 19.4 Å². The molecule has 0 amide bonds. The van der Waals surface area contributed by atoms with Gasteiger partial charge in [-0.2, -0.15) is 0 Å². The fraction of sp³-hybridized carbons (Fsp3) is 0.733. The third kappa shape index (κ3) is 6.62. The van der Waals surface area contributed by atoms with Gasteiger partial charge in [0.05, 0.1) is 25.9 Å². The van der Waals surface area contributed by atoms with E-state index in [1.54, 1.807) is 13.6 Å². The molecule has 2 aliphatic heterocycles. The van der Waals surface area contributed by atoms with Crippen molar-refractivity contribution >= 4 is 31.5 Å². The van der Waals surface area contributed by atoms with E-state index >= 15 is 0 Å². The van der Waals surface area contributed by atoms with Gasteiger partial charge in [-0.3, -0.25) is 14.3 Å². The van der Waals surface area contributed by atoms with Crippen molar-refractivity contribution in [3.05, 3.63) is 32.6 Å². The number of hydrogen-bond acceptors (Lipinski definition) is 8. The van der Waals surface area contributed by atoms with Gasteiger partial charge in [-0.25, -0.2) is 4.79 Å². The fourth-order valence-electron chi connectivity index (χ4n) is 2.40. The summed E-state index contributed by atoms with van der Waals surface area (Å²) >= 11 is 3.25. The number of nitrogens with zero attached hydrogens (tertiary/aromatic N) is 1. The van der Waals surface area contributed by atoms with E-state index < -0.39 is 38.9 Å². The van der Waals surface area contributed by atoms with Crippen LogP contribution in [0.25, 0.3) is 0 Å². The summed E-state index contributed by atoms with van der Waals surface area (Å²) in [6, 6.07) is -1.18. The molecule has 28 heavy (non-hydrogen) atoms. The number of alkyl halides is 1. The van der Waals surface area contributed by atoms with Crippen LogP contribution < -0.4 is 11.2 Å². The maximum Gasteiger partial charge on any atom is 0.398 e. The van der Waals surface area contributed by atoms with Crippen molar-refractivity contribution in [1.29, 1.82) is 0 Å². The Kier molecular flexibility index (Phi) is 9.08. The van der Waals surface area contributed by atoms with Gasteiger partial charge in [0.2, 0.25) is 0 Å². The summed E-state index contributed by atoms with van der Waals surface area (Å²) in [6.07, 6.45) is 1.21. The Morgan fingerprint density at radius 1 is 1.11 bits per heavy atom. The highest BCUT2D eigenvalue weighted by Crippen LogP contribution is 2.31. The zero-order valence-electron chi connectivity index (χ0n) is 15.7. The third-order valence-corrected chi connectivity index (χ3v) is 6.27. The summed E-state index contributed by atoms with van der Waals surface area (Å²) in [5.74, 6) is 0. The second-order valence-electron chi connectivity index (χ2n) is 6.27. The van der Waals surface area contributed by atoms with Gasteiger partial charge in [0.15, 0.2) is 0 Å². The third-order valence-electron chi connectivity index (χ3n) is 3.82. The number of halogens is 1. The van der Waals surface area contributed by atoms with Crippen molar-refractivity contribution < 1.29 is 28.1 Å². The molecule has 0 spiro atoms. The highest BCUT2D eigenvalue weighted by molar-refractivity contribution is 9.09. The summed E-state index contributed by atoms with van der Waals surface area (Å²) in [5, 5.41) is 0.743. The van der Waals surface area contributed by atoms with E-state index in [4.69, 9.17) is 18.9 Å². The lowest BCUT2D eigenvalue weighted by Gasteiger charge is -2.09. The van der Waals surface area contributed by atoms with Crippen LogP contribution in [-0.2, 0) is 34.6 Å². The van der Waals surface area contributed by atoms with Crippen molar-refractivity contribution in [2.75, 3.05) is 31.9 Å². The Hall–Kier alpha value is -0.800. The molecule has 1 aromatic rings. The topological polar surface area (TPSA) is 126 Å². The molecular weight excluding hydrogens is 478 g/mol. The summed E-state index contributed by atoms with van der Waals surface area (Å²) in [7, 11) is -2.91. The van der Waals surface area contributed by atoms with Gasteiger partial charge in [0, 0.05) is 17.1 Å². The predicted octanol–water partition coefficient (Wildman–Crippen LogP) is 1.54. The molecule has 3 heterocycles. The molecule has 3 rings (SSSR count). The van der Waals surface area contributed by atoms with Gasteiger partial charge in [-0.15, -0.1) is 0 Å². The van der Waals surface area contributed by atoms with Crippen LogP contribution in [0.15, 0.2) is 15.8 Å². The molecule has 0 bridgehead atoms. The number of nitrogens with one attached hydrogen (secondary N) is 1. The summed E-state index contributed by atoms with van der Waals surface area (Å²) in [6.45, 7) is 5.84. The lowest BCUT2D eigenvalue weighted by Crippen LogP contribution is -2.34. The van der Waals surface area contributed by atoms with Crippen LogP contribution in [0.2, 0.25) is 0 Å². The normalized spacial score (nSPS) is 27.9. The Labute approximate surface area is 171 Å². The Morgan fingerprint density at radius 2 is 1.64 bits per heavy atom. The smallest absolute Gasteiger partial charge is 0.310 e. The Bertz CT molecular complexity index is 829. The molecule has 2 saturated heterocycles. The minimum absolute atomic E-state index is 0.0731. The Balaban J connectivity index is 0.000000237. The van der Waals surface area contributed by atoms with Crippen LogP contribution in [0.4, 0.5) is 0 Å². The number of aromatic amines is 1. The van der Waals surface area contributed by atoms with Crippen LogP contribution in [0.1, 0.15) is 5.56 Å². The lowest BCUT2D eigenvalue weighted by atomic mass is 10.3. The number of hydrogen-bond donors (Lipinski definition) is 1. The number of ether oxygens (including phenoxy) is 4. The standard InChI is InChI=1S/C10H13N2O5P.C5H9BrO3P/c1-6-3-12(9(14)11-8(6)13)4-7-5-16-10(17-7)18(2)15;1-10(7)5-8-3-4(2-6)9-5/h3,7,10H,4-5H2,1-2H3;4-5H,2-3H2,1H3/q;+1/p+1. The molecule has 0 aromatic carbocycles. The predicted molar refractivity (Wildman–Crippen MR) is 106 cm³/mol. The molecule has 0 radical (unpaired) electrons. The molecular formula is C15H23BrN2O8P2+2. The lowest BCUT2D eigenvalue weighted by molar-refractivity contribution is 0.00400. The molecule has 1 N–H and O–H groups in total. The number of H-pyrrole nitrogens is 1. The zero-order valence-corrected chi connectivity index (χ0v) is 19.1. The number of aryl methyl sites for hydroxylation is 1. The van der Waals surface area contributed by atoms with Crippen molar-refractivity contribution in [2.24, 2.45) is 0 Å². The van der Waals surface area contributed by atoms with Crippen LogP contribution in [-0.4, -0.2) is 65.7 Å². The van der Waals surface area contributed by atoms with E-state index in [1.165, 1.54) is 17.4 Å². The van der Waals surface area contributed by atoms with Crippen LogP contribution in [0, 0.1) is 6.92 Å². The molecule has 2 fully saturated rings. The maximum atomic E-state index is 11.5. The first kappa shape index (κ1) is 23.5. The maximum absolute atomic E-state index is 11.5. The van der Waals surface area contributed by atoms with Crippen molar-refractivity contribution in [3.8, 4) is 0 Å². The Morgan fingerprint density at radius 3 is 2.11 bits per heavy atom. The van der Waals surface area contributed by atoms with Crippen LogP contribution >= 0.6 is 31.5 Å². The number of aromatic nitrogens is 2. The highest BCUT2D eigenvalue weighted by Gasteiger charge is 2.38.